The molecule has 0 saturated heterocycles. The number of halogens is 2. The number of nitrogens with zero attached hydrogens (tertiary/aromatic N) is 1. The first-order valence-electron chi connectivity index (χ1n) is 5.53. The van der Waals surface area contributed by atoms with E-state index < -0.39 is 42.1 Å². The van der Waals surface area contributed by atoms with Crippen LogP contribution in [0.4, 0.5) is 8.78 Å². The highest BCUT2D eigenvalue weighted by atomic mass is 19.3. The standard InChI is InChI=1S/C11H17F2NO3/c1-4-14(5-6(12)13)9(15)7-8(10(16)17)11(7,2)3/h6-8H,4-5H2,1-3H3,(H,16,17)/t7-,8+/m0/s1. The van der Waals surface area contributed by atoms with E-state index in [4.69, 9.17) is 5.11 Å². The lowest BCUT2D eigenvalue weighted by molar-refractivity contribution is -0.142. The Hall–Kier alpha value is -1.20. The van der Waals surface area contributed by atoms with Crippen LogP contribution in [-0.2, 0) is 9.59 Å². The summed E-state index contributed by atoms with van der Waals surface area (Å²) < 4.78 is 24.5. The Balaban J connectivity index is 2.74. The van der Waals surface area contributed by atoms with Crippen molar-refractivity contribution in [2.45, 2.75) is 27.2 Å². The molecule has 4 nitrogen and oxygen atoms in total. The van der Waals surface area contributed by atoms with Gasteiger partial charge in [-0.1, -0.05) is 13.8 Å². The largest absolute Gasteiger partial charge is 0.481 e. The molecular weight excluding hydrogens is 232 g/mol. The molecule has 17 heavy (non-hydrogen) atoms. The van der Waals surface area contributed by atoms with Gasteiger partial charge in [-0.2, -0.15) is 0 Å². The second-order valence-corrected chi connectivity index (χ2v) is 4.88. The minimum Gasteiger partial charge on any atom is -0.481 e. The number of aliphatic carboxylic acids is 1. The van der Waals surface area contributed by atoms with Crippen molar-refractivity contribution >= 4 is 11.9 Å². The van der Waals surface area contributed by atoms with Gasteiger partial charge in [-0.05, 0) is 12.3 Å². The van der Waals surface area contributed by atoms with Gasteiger partial charge in [0.2, 0.25) is 5.91 Å². The highest BCUT2D eigenvalue weighted by Crippen LogP contribution is 2.59. The molecule has 1 N–H and O–H groups in total. The molecule has 6 heteroatoms. The maximum Gasteiger partial charge on any atom is 0.307 e. The molecule has 1 rings (SSSR count). The molecule has 0 bridgehead atoms. The first-order valence-corrected chi connectivity index (χ1v) is 5.53. The van der Waals surface area contributed by atoms with Crippen LogP contribution in [0.2, 0.25) is 0 Å². The quantitative estimate of drug-likeness (QED) is 0.802. The third-order valence-corrected chi connectivity index (χ3v) is 3.41. The molecule has 0 spiro atoms. The van der Waals surface area contributed by atoms with E-state index in [1.165, 1.54) is 0 Å². The molecule has 0 aromatic rings. The van der Waals surface area contributed by atoms with Gasteiger partial charge in [0.05, 0.1) is 18.4 Å². The summed E-state index contributed by atoms with van der Waals surface area (Å²) in [5.74, 6) is -2.97. The van der Waals surface area contributed by atoms with Gasteiger partial charge in [-0.3, -0.25) is 9.59 Å². The van der Waals surface area contributed by atoms with E-state index in [0.717, 1.165) is 4.90 Å². The summed E-state index contributed by atoms with van der Waals surface area (Å²) in [4.78, 5) is 23.9. The lowest BCUT2D eigenvalue weighted by atomic mass is 10.1. The number of alkyl halides is 2. The third kappa shape index (κ3) is 2.56. The van der Waals surface area contributed by atoms with E-state index in [9.17, 15) is 18.4 Å². The number of carboxylic acids is 1. The Labute approximate surface area is 98.6 Å². The van der Waals surface area contributed by atoms with Gasteiger partial charge < -0.3 is 10.0 Å². The maximum atomic E-state index is 12.3. The van der Waals surface area contributed by atoms with Crippen LogP contribution in [0.15, 0.2) is 0 Å². The van der Waals surface area contributed by atoms with Gasteiger partial charge >= 0.3 is 5.97 Å². The topological polar surface area (TPSA) is 57.6 Å². The van der Waals surface area contributed by atoms with E-state index in [1.807, 2.05) is 0 Å². The molecule has 0 radical (unpaired) electrons. The normalized spacial score (nSPS) is 25.8. The van der Waals surface area contributed by atoms with Crippen LogP contribution in [0, 0.1) is 17.3 Å². The van der Waals surface area contributed by atoms with Gasteiger partial charge in [0.15, 0.2) is 0 Å². The summed E-state index contributed by atoms with van der Waals surface area (Å²) >= 11 is 0. The number of carbonyl (C=O) groups is 2. The zero-order valence-electron chi connectivity index (χ0n) is 10.1. The second kappa shape index (κ2) is 4.58. The SMILES string of the molecule is CCN(CC(F)F)C(=O)[C@@H]1[C@H](C(=O)O)C1(C)C. The predicted octanol–water partition coefficient (Wildman–Crippen LogP) is 1.46. The molecule has 1 saturated carbocycles. The number of amides is 1. The molecule has 1 aliphatic carbocycles. The Bertz CT molecular complexity index is 331. The van der Waals surface area contributed by atoms with E-state index in [-0.39, 0.29) is 6.54 Å². The van der Waals surface area contributed by atoms with Crippen molar-refractivity contribution in [2.75, 3.05) is 13.1 Å². The fourth-order valence-corrected chi connectivity index (χ4v) is 2.30. The zero-order chi connectivity index (χ0) is 13.4. The summed E-state index contributed by atoms with van der Waals surface area (Å²) in [7, 11) is 0. The minimum absolute atomic E-state index is 0.169. The fraction of sp³-hybridized carbons (Fsp3) is 0.818. The number of rotatable bonds is 5. The first kappa shape index (κ1) is 13.9. The van der Waals surface area contributed by atoms with Crippen LogP contribution >= 0.6 is 0 Å². The zero-order valence-corrected chi connectivity index (χ0v) is 10.1. The molecule has 98 valence electrons. The van der Waals surface area contributed by atoms with Gasteiger partial charge in [0, 0.05) is 6.54 Å². The number of hydrogen-bond donors (Lipinski definition) is 1. The molecule has 2 atom stereocenters. The second-order valence-electron chi connectivity index (χ2n) is 4.88. The molecule has 1 aliphatic rings. The molecule has 0 aromatic heterocycles. The first-order chi connectivity index (χ1) is 7.73. The van der Waals surface area contributed by atoms with Crippen molar-refractivity contribution < 1.29 is 23.5 Å². The fourth-order valence-electron chi connectivity index (χ4n) is 2.30. The van der Waals surface area contributed by atoms with E-state index in [1.54, 1.807) is 20.8 Å². The van der Waals surface area contributed by atoms with Crippen molar-refractivity contribution in [3.63, 3.8) is 0 Å². The highest BCUT2D eigenvalue weighted by Gasteiger charge is 2.66. The predicted molar refractivity (Wildman–Crippen MR) is 56.7 cm³/mol. The van der Waals surface area contributed by atoms with Crippen LogP contribution in [0.3, 0.4) is 0 Å². The Kier molecular flexibility index (Phi) is 3.74. The summed E-state index contributed by atoms with van der Waals surface area (Å²) in [6.45, 7) is 4.48. The number of carboxylic acid groups (broad SMARTS) is 1. The van der Waals surface area contributed by atoms with Crippen LogP contribution in [0.25, 0.3) is 0 Å². The van der Waals surface area contributed by atoms with Crippen molar-refractivity contribution in [1.82, 2.24) is 4.90 Å². The highest BCUT2D eigenvalue weighted by molar-refractivity contribution is 5.91. The smallest absolute Gasteiger partial charge is 0.307 e. The maximum absolute atomic E-state index is 12.3. The van der Waals surface area contributed by atoms with Crippen LogP contribution in [0.5, 0.6) is 0 Å². The molecule has 1 fully saturated rings. The van der Waals surface area contributed by atoms with Crippen molar-refractivity contribution in [1.29, 1.82) is 0 Å². The van der Waals surface area contributed by atoms with Crippen LogP contribution < -0.4 is 0 Å². The molecule has 0 aromatic carbocycles. The summed E-state index contributed by atoms with van der Waals surface area (Å²) in [6, 6.07) is 0. The van der Waals surface area contributed by atoms with Crippen molar-refractivity contribution in [3.8, 4) is 0 Å². The number of hydrogen-bond acceptors (Lipinski definition) is 2. The van der Waals surface area contributed by atoms with Gasteiger partial charge in [-0.15, -0.1) is 0 Å². The van der Waals surface area contributed by atoms with E-state index in [0.29, 0.717) is 0 Å². The van der Waals surface area contributed by atoms with Gasteiger partial charge in [0.25, 0.3) is 6.43 Å². The van der Waals surface area contributed by atoms with E-state index in [2.05, 4.69) is 0 Å². The minimum atomic E-state index is -2.59. The van der Waals surface area contributed by atoms with Crippen LogP contribution in [0.1, 0.15) is 20.8 Å². The average Bonchev–Trinajstić information content (AvgIpc) is 2.76. The molecule has 0 unspecified atom stereocenters. The van der Waals surface area contributed by atoms with Gasteiger partial charge in [0.1, 0.15) is 0 Å². The van der Waals surface area contributed by atoms with Crippen molar-refractivity contribution in [2.24, 2.45) is 17.3 Å². The Morgan fingerprint density at radius 1 is 1.35 bits per heavy atom. The molecular formula is C11H17F2NO3. The monoisotopic (exact) mass is 249 g/mol. The molecule has 0 aliphatic heterocycles. The Morgan fingerprint density at radius 2 is 1.88 bits per heavy atom. The third-order valence-electron chi connectivity index (χ3n) is 3.41. The summed E-state index contributed by atoms with van der Waals surface area (Å²) in [5.41, 5.74) is -0.640. The Morgan fingerprint density at radius 3 is 2.18 bits per heavy atom. The van der Waals surface area contributed by atoms with Crippen molar-refractivity contribution in [3.05, 3.63) is 0 Å². The van der Waals surface area contributed by atoms with Gasteiger partial charge in [-0.25, -0.2) is 8.78 Å². The summed E-state index contributed by atoms with van der Waals surface area (Å²) in [6.07, 6.45) is -2.59. The number of carbonyl (C=O) groups excluding carboxylic acids is 1. The molecule has 0 heterocycles. The van der Waals surface area contributed by atoms with E-state index >= 15 is 0 Å². The van der Waals surface area contributed by atoms with Crippen LogP contribution in [-0.4, -0.2) is 41.4 Å². The summed E-state index contributed by atoms with van der Waals surface area (Å²) in [5, 5.41) is 8.93. The average molecular weight is 249 g/mol. The molecule has 1 amide bonds. The lowest BCUT2D eigenvalue weighted by Crippen LogP contribution is -2.37. The lowest BCUT2D eigenvalue weighted by Gasteiger charge is -2.21.